The minimum atomic E-state index is -0.326. The third-order valence-electron chi connectivity index (χ3n) is 3.29. The Labute approximate surface area is 137 Å². The largest absolute Gasteiger partial charge is 0.486 e. The molecule has 3 aromatic rings. The molecule has 2 heterocycles. The first kappa shape index (κ1) is 15.8. The fourth-order valence-electron chi connectivity index (χ4n) is 2.10. The number of halogens is 1. The van der Waals surface area contributed by atoms with Crippen molar-refractivity contribution in [3.8, 4) is 5.75 Å². The number of rotatable bonds is 6. The Kier molecular flexibility index (Phi) is 4.60. The Morgan fingerprint density at radius 1 is 1.29 bits per heavy atom. The maximum Gasteiger partial charge on any atom is 0.287 e. The summed E-state index contributed by atoms with van der Waals surface area (Å²) in [7, 11) is 1.81. The van der Waals surface area contributed by atoms with E-state index in [1.54, 1.807) is 23.0 Å². The monoisotopic (exact) mass is 329 g/mol. The summed E-state index contributed by atoms with van der Waals surface area (Å²) < 4.78 is 25.4. The lowest BCUT2D eigenvalue weighted by atomic mass is 10.3. The maximum atomic E-state index is 12.8. The number of amides is 1. The molecule has 1 amide bonds. The summed E-state index contributed by atoms with van der Waals surface area (Å²) >= 11 is 0. The van der Waals surface area contributed by atoms with E-state index in [4.69, 9.17) is 9.15 Å². The van der Waals surface area contributed by atoms with Gasteiger partial charge in [-0.3, -0.25) is 9.48 Å². The first-order chi connectivity index (χ1) is 11.6. The van der Waals surface area contributed by atoms with E-state index in [0.717, 1.165) is 5.56 Å². The number of furan rings is 1. The van der Waals surface area contributed by atoms with Gasteiger partial charge in [-0.25, -0.2) is 4.39 Å². The van der Waals surface area contributed by atoms with Crippen LogP contribution < -0.4 is 10.1 Å². The molecular weight excluding hydrogens is 313 g/mol. The van der Waals surface area contributed by atoms with E-state index in [1.807, 2.05) is 13.2 Å². The van der Waals surface area contributed by atoms with E-state index in [-0.39, 0.29) is 24.1 Å². The second-order valence-corrected chi connectivity index (χ2v) is 5.21. The molecule has 6 nitrogen and oxygen atoms in total. The van der Waals surface area contributed by atoms with Crippen LogP contribution in [-0.4, -0.2) is 15.7 Å². The highest BCUT2D eigenvalue weighted by molar-refractivity contribution is 5.91. The van der Waals surface area contributed by atoms with Crippen molar-refractivity contribution < 1.29 is 18.3 Å². The fourth-order valence-corrected chi connectivity index (χ4v) is 2.10. The minimum Gasteiger partial charge on any atom is -0.486 e. The number of ether oxygens (including phenoxy) is 1. The molecule has 0 fully saturated rings. The Bertz CT molecular complexity index is 824. The standard InChI is InChI=1S/C17H16FN3O3/c1-21-10-12(9-20-21)8-19-17(22)16-7-6-15(24-16)11-23-14-4-2-13(18)3-5-14/h2-7,9-10H,8,11H2,1H3,(H,19,22). The molecule has 1 N–H and O–H groups in total. The van der Waals surface area contributed by atoms with Gasteiger partial charge in [0.15, 0.2) is 5.76 Å². The molecular formula is C17H16FN3O3. The van der Waals surface area contributed by atoms with Crippen LogP contribution in [0, 0.1) is 5.82 Å². The maximum absolute atomic E-state index is 12.8. The van der Waals surface area contributed by atoms with Crippen molar-refractivity contribution >= 4 is 5.91 Å². The lowest BCUT2D eigenvalue weighted by Gasteiger charge is -2.04. The SMILES string of the molecule is Cn1cc(CNC(=O)c2ccc(COc3ccc(F)cc3)o2)cn1. The molecule has 24 heavy (non-hydrogen) atoms. The highest BCUT2D eigenvalue weighted by atomic mass is 19.1. The van der Waals surface area contributed by atoms with Gasteiger partial charge in [-0.2, -0.15) is 5.10 Å². The lowest BCUT2D eigenvalue weighted by Crippen LogP contribution is -2.22. The van der Waals surface area contributed by atoms with Gasteiger partial charge in [-0.15, -0.1) is 0 Å². The van der Waals surface area contributed by atoms with Gasteiger partial charge in [0.25, 0.3) is 5.91 Å². The molecule has 0 aliphatic rings. The van der Waals surface area contributed by atoms with E-state index in [0.29, 0.717) is 18.1 Å². The van der Waals surface area contributed by atoms with E-state index in [2.05, 4.69) is 10.4 Å². The Balaban J connectivity index is 1.52. The number of benzene rings is 1. The van der Waals surface area contributed by atoms with Gasteiger partial charge in [-0.05, 0) is 36.4 Å². The molecule has 1 aromatic carbocycles. The van der Waals surface area contributed by atoms with Crippen LogP contribution in [0.15, 0.2) is 53.2 Å². The molecule has 124 valence electrons. The second-order valence-electron chi connectivity index (χ2n) is 5.21. The molecule has 0 unspecified atom stereocenters. The van der Waals surface area contributed by atoms with Crippen molar-refractivity contribution in [2.75, 3.05) is 0 Å². The average Bonchev–Trinajstić information content (AvgIpc) is 3.21. The van der Waals surface area contributed by atoms with Crippen LogP contribution in [0.25, 0.3) is 0 Å². The minimum absolute atomic E-state index is 0.154. The number of aromatic nitrogens is 2. The number of nitrogens with zero attached hydrogens (tertiary/aromatic N) is 2. The Hall–Kier alpha value is -3.09. The highest BCUT2D eigenvalue weighted by Crippen LogP contribution is 2.15. The average molecular weight is 329 g/mol. The van der Waals surface area contributed by atoms with Crippen molar-refractivity contribution in [3.05, 3.63) is 71.7 Å². The van der Waals surface area contributed by atoms with Gasteiger partial charge in [-0.1, -0.05) is 0 Å². The van der Waals surface area contributed by atoms with E-state index in [9.17, 15) is 9.18 Å². The molecule has 0 saturated heterocycles. The first-order valence-corrected chi connectivity index (χ1v) is 7.33. The zero-order chi connectivity index (χ0) is 16.9. The van der Waals surface area contributed by atoms with Crippen molar-refractivity contribution in [1.82, 2.24) is 15.1 Å². The predicted octanol–water partition coefficient (Wildman–Crippen LogP) is 2.66. The number of hydrogen-bond donors (Lipinski definition) is 1. The second kappa shape index (κ2) is 6.99. The Morgan fingerprint density at radius 3 is 2.79 bits per heavy atom. The van der Waals surface area contributed by atoms with Gasteiger partial charge in [0.05, 0.1) is 6.20 Å². The van der Waals surface area contributed by atoms with Gasteiger partial charge >= 0.3 is 0 Å². The van der Waals surface area contributed by atoms with Gasteiger partial charge < -0.3 is 14.5 Å². The molecule has 0 radical (unpaired) electrons. The Morgan fingerprint density at radius 2 is 2.08 bits per heavy atom. The summed E-state index contributed by atoms with van der Waals surface area (Å²) in [5.74, 6) is 0.595. The lowest BCUT2D eigenvalue weighted by molar-refractivity contribution is 0.0919. The molecule has 0 saturated carbocycles. The number of carbonyl (C=O) groups is 1. The van der Waals surface area contributed by atoms with Crippen LogP contribution in [0.3, 0.4) is 0 Å². The number of nitrogens with one attached hydrogen (secondary N) is 1. The van der Waals surface area contributed by atoms with E-state index >= 15 is 0 Å². The third-order valence-corrected chi connectivity index (χ3v) is 3.29. The highest BCUT2D eigenvalue weighted by Gasteiger charge is 2.11. The van der Waals surface area contributed by atoms with Gasteiger partial charge in [0, 0.05) is 25.4 Å². The summed E-state index contributed by atoms with van der Waals surface area (Å²) in [6.45, 7) is 0.524. The molecule has 0 aliphatic carbocycles. The van der Waals surface area contributed by atoms with Crippen molar-refractivity contribution in [2.45, 2.75) is 13.2 Å². The third kappa shape index (κ3) is 4.01. The van der Waals surface area contributed by atoms with E-state index in [1.165, 1.54) is 24.3 Å². The van der Waals surface area contributed by atoms with Crippen molar-refractivity contribution in [2.24, 2.45) is 7.05 Å². The number of carbonyl (C=O) groups excluding carboxylic acids is 1. The van der Waals surface area contributed by atoms with Crippen LogP contribution in [0.4, 0.5) is 4.39 Å². The number of hydrogen-bond acceptors (Lipinski definition) is 4. The molecule has 0 aliphatic heterocycles. The van der Waals surface area contributed by atoms with Crippen LogP contribution in [0.2, 0.25) is 0 Å². The smallest absolute Gasteiger partial charge is 0.287 e. The van der Waals surface area contributed by atoms with Gasteiger partial charge in [0.1, 0.15) is 23.9 Å². The summed E-state index contributed by atoms with van der Waals surface area (Å²) in [6.07, 6.45) is 3.51. The quantitative estimate of drug-likeness (QED) is 0.755. The molecule has 0 bridgehead atoms. The zero-order valence-electron chi connectivity index (χ0n) is 13.0. The topological polar surface area (TPSA) is 69.3 Å². The van der Waals surface area contributed by atoms with Crippen molar-refractivity contribution in [3.63, 3.8) is 0 Å². The van der Waals surface area contributed by atoms with Crippen molar-refractivity contribution in [1.29, 1.82) is 0 Å². The summed E-state index contributed by atoms with van der Waals surface area (Å²) in [6, 6.07) is 8.94. The van der Waals surface area contributed by atoms with Crippen LogP contribution in [-0.2, 0) is 20.2 Å². The molecule has 0 spiro atoms. The molecule has 3 rings (SSSR count). The molecule has 0 atom stereocenters. The van der Waals surface area contributed by atoms with Crippen LogP contribution in [0.5, 0.6) is 5.75 Å². The van der Waals surface area contributed by atoms with Gasteiger partial charge in [0.2, 0.25) is 0 Å². The summed E-state index contributed by atoms with van der Waals surface area (Å²) in [4.78, 5) is 12.0. The van der Waals surface area contributed by atoms with E-state index < -0.39 is 0 Å². The molecule has 7 heteroatoms. The molecule has 2 aromatic heterocycles. The van der Waals surface area contributed by atoms with Crippen LogP contribution >= 0.6 is 0 Å². The fraction of sp³-hybridized carbons (Fsp3) is 0.176. The predicted molar refractivity (Wildman–Crippen MR) is 83.8 cm³/mol. The summed E-state index contributed by atoms with van der Waals surface area (Å²) in [5.41, 5.74) is 0.900. The first-order valence-electron chi connectivity index (χ1n) is 7.33. The number of aryl methyl sites for hydroxylation is 1. The zero-order valence-corrected chi connectivity index (χ0v) is 13.0. The summed E-state index contributed by atoms with van der Waals surface area (Å²) in [5, 5.41) is 6.79. The van der Waals surface area contributed by atoms with Crippen LogP contribution in [0.1, 0.15) is 21.9 Å². The normalized spacial score (nSPS) is 10.6.